The van der Waals surface area contributed by atoms with Gasteiger partial charge in [0.2, 0.25) is 0 Å². The molecule has 1 aliphatic rings. The Balaban J connectivity index is 1.52. The molecule has 1 fully saturated rings. The van der Waals surface area contributed by atoms with E-state index in [-0.39, 0.29) is 6.61 Å². The normalized spacial score (nSPS) is 17.8. The zero-order chi connectivity index (χ0) is 21.1. The van der Waals surface area contributed by atoms with Crippen LogP contribution >= 0.6 is 0 Å². The molecule has 2 heterocycles. The van der Waals surface area contributed by atoms with Crippen molar-refractivity contribution in [2.75, 3.05) is 13.2 Å². The van der Waals surface area contributed by atoms with Gasteiger partial charge in [0.05, 0.1) is 19.1 Å². The van der Waals surface area contributed by atoms with Gasteiger partial charge in [0.1, 0.15) is 12.1 Å². The highest BCUT2D eigenvalue weighted by atomic mass is 19.3. The summed E-state index contributed by atoms with van der Waals surface area (Å²) < 4.78 is 35.8. The van der Waals surface area contributed by atoms with Crippen LogP contribution in [0.2, 0.25) is 0 Å². The molecule has 1 amide bonds. The molecule has 0 bridgehead atoms. The van der Waals surface area contributed by atoms with Crippen molar-refractivity contribution in [3.63, 3.8) is 0 Å². The van der Waals surface area contributed by atoms with Crippen LogP contribution in [-0.4, -0.2) is 44.6 Å². The number of benzene rings is 2. The topological polar surface area (TPSA) is 60.2 Å². The third-order valence-corrected chi connectivity index (χ3v) is 5.08. The summed E-state index contributed by atoms with van der Waals surface area (Å²) in [6.45, 7) is 1.37. The molecule has 0 saturated carbocycles. The molecule has 4 rings (SSSR count). The number of halogens is 2. The quantitative estimate of drug-likeness (QED) is 0.621. The Morgan fingerprint density at radius 2 is 2.00 bits per heavy atom. The first-order valence-corrected chi connectivity index (χ1v) is 9.70. The SMILES string of the molecule is Cc1cccc(OCC(=O)N2CC(F)(F)C[C@H]2c2nncn2Cc2ccccc2)c1. The van der Waals surface area contributed by atoms with Crippen molar-refractivity contribution in [3.05, 3.63) is 77.9 Å². The lowest BCUT2D eigenvalue weighted by atomic mass is 10.1. The van der Waals surface area contributed by atoms with Gasteiger partial charge in [-0.3, -0.25) is 4.79 Å². The second-order valence-corrected chi connectivity index (χ2v) is 7.51. The van der Waals surface area contributed by atoms with Crippen molar-refractivity contribution in [1.29, 1.82) is 0 Å². The van der Waals surface area contributed by atoms with E-state index in [1.807, 2.05) is 49.4 Å². The minimum absolute atomic E-state index is 0.317. The zero-order valence-corrected chi connectivity index (χ0v) is 16.5. The Hall–Kier alpha value is -3.29. The zero-order valence-electron chi connectivity index (χ0n) is 16.5. The van der Waals surface area contributed by atoms with Gasteiger partial charge in [0.15, 0.2) is 12.4 Å². The molecule has 0 spiro atoms. The molecule has 0 radical (unpaired) electrons. The van der Waals surface area contributed by atoms with Crippen LogP contribution in [0.3, 0.4) is 0 Å². The number of carbonyl (C=O) groups is 1. The fourth-order valence-corrected chi connectivity index (χ4v) is 3.67. The Kier molecular flexibility index (Phi) is 5.48. The number of ether oxygens (including phenoxy) is 1. The van der Waals surface area contributed by atoms with Crippen molar-refractivity contribution < 1.29 is 18.3 Å². The first-order valence-electron chi connectivity index (χ1n) is 9.70. The predicted molar refractivity (Wildman–Crippen MR) is 106 cm³/mol. The summed E-state index contributed by atoms with van der Waals surface area (Å²) in [4.78, 5) is 13.9. The maximum absolute atomic E-state index is 14.3. The summed E-state index contributed by atoms with van der Waals surface area (Å²) in [5, 5.41) is 7.97. The lowest BCUT2D eigenvalue weighted by Crippen LogP contribution is -2.37. The number of nitrogens with zero attached hydrogens (tertiary/aromatic N) is 4. The number of amides is 1. The lowest BCUT2D eigenvalue weighted by molar-refractivity contribution is -0.135. The molecule has 0 unspecified atom stereocenters. The van der Waals surface area contributed by atoms with E-state index in [2.05, 4.69) is 10.2 Å². The van der Waals surface area contributed by atoms with Gasteiger partial charge in [-0.05, 0) is 30.2 Å². The average Bonchev–Trinajstić information content (AvgIpc) is 3.30. The van der Waals surface area contributed by atoms with E-state index >= 15 is 0 Å². The maximum atomic E-state index is 14.3. The maximum Gasteiger partial charge on any atom is 0.267 e. The third kappa shape index (κ3) is 4.48. The van der Waals surface area contributed by atoms with Gasteiger partial charge in [-0.25, -0.2) is 8.78 Å². The van der Waals surface area contributed by atoms with Crippen LogP contribution in [0.5, 0.6) is 5.75 Å². The minimum atomic E-state index is -2.99. The second-order valence-electron chi connectivity index (χ2n) is 7.51. The fourth-order valence-electron chi connectivity index (χ4n) is 3.67. The minimum Gasteiger partial charge on any atom is -0.484 e. The first kappa shape index (κ1) is 20.0. The molecule has 3 aromatic rings. The molecule has 0 aliphatic carbocycles. The number of hydrogen-bond donors (Lipinski definition) is 0. The largest absolute Gasteiger partial charge is 0.484 e. The first-order chi connectivity index (χ1) is 14.4. The standard InChI is InChI=1S/C22H22F2N4O2/c1-16-6-5-9-18(10-16)30-13-20(29)28-14-22(23,24)11-19(28)21-26-25-15-27(21)12-17-7-3-2-4-8-17/h2-10,15,19H,11-14H2,1H3/t19-/m0/s1. The Bertz CT molecular complexity index is 1020. The average molecular weight is 412 g/mol. The van der Waals surface area contributed by atoms with E-state index in [1.54, 1.807) is 16.7 Å². The summed E-state index contributed by atoms with van der Waals surface area (Å²) in [5.74, 6) is -2.63. The molecule has 1 aliphatic heterocycles. The van der Waals surface area contributed by atoms with Crippen molar-refractivity contribution in [2.45, 2.75) is 31.9 Å². The number of likely N-dealkylation sites (tertiary alicyclic amines) is 1. The summed E-state index contributed by atoms with van der Waals surface area (Å²) in [6.07, 6.45) is 1.02. The van der Waals surface area contributed by atoms with E-state index in [1.165, 1.54) is 6.33 Å². The number of alkyl halides is 2. The van der Waals surface area contributed by atoms with Gasteiger partial charge in [0.25, 0.3) is 11.8 Å². The van der Waals surface area contributed by atoms with Crippen LogP contribution in [0.4, 0.5) is 8.78 Å². The van der Waals surface area contributed by atoms with E-state index in [9.17, 15) is 13.6 Å². The monoisotopic (exact) mass is 412 g/mol. The summed E-state index contributed by atoms with van der Waals surface area (Å²) in [6, 6.07) is 16.0. The molecule has 1 saturated heterocycles. The van der Waals surface area contributed by atoms with Gasteiger partial charge in [0, 0.05) is 6.42 Å². The summed E-state index contributed by atoms with van der Waals surface area (Å²) in [5.41, 5.74) is 1.98. The van der Waals surface area contributed by atoms with Crippen molar-refractivity contribution in [3.8, 4) is 5.75 Å². The second kappa shape index (κ2) is 8.22. The highest BCUT2D eigenvalue weighted by Gasteiger charge is 2.49. The number of carbonyl (C=O) groups excluding carboxylic acids is 1. The van der Waals surface area contributed by atoms with Gasteiger partial charge in [-0.15, -0.1) is 10.2 Å². The van der Waals surface area contributed by atoms with Gasteiger partial charge in [-0.2, -0.15) is 0 Å². The van der Waals surface area contributed by atoms with Crippen molar-refractivity contribution >= 4 is 5.91 Å². The van der Waals surface area contributed by atoms with Gasteiger partial charge in [-0.1, -0.05) is 42.5 Å². The van der Waals surface area contributed by atoms with Crippen LogP contribution in [-0.2, 0) is 11.3 Å². The Morgan fingerprint density at radius 1 is 1.20 bits per heavy atom. The molecule has 6 nitrogen and oxygen atoms in total. The van der Waals surface area contributed by atoms with Crippen LogP contribution in [0.1, 0.15) is 29.4 Å². The van der Waals surface area contributed by atoms with E-state index in [0.29, 0.717) is 18.1 Å². The molecular weight excluding hydrogens is 390 g/mol. The molecule has 8 heteroatoms. The number of hydrogen-bond acceptors (Lipinski definition) is 4. The predicted octanol–water partition coefficient (Wildman–Crippen LogP) is 3.62. The molecule has 30 heavy (non-hydrogen) atoms. The highest BCUT2D eigenvalue weighted by Crippen LogP contribution is 2.40. The van der Waals surface area contributed by atoms with Crippen LogP contribution in [0.25, 0.3) is 0 Å². The van der Waals surface area contributed by atoms with E-state index in [0.717, 1.165) is 16.0 Å². The molecule has 0 N–H and O–H groups in total. The van der Waals surface area contributed by atoms with E-state index in [4.69, 9.17) is 4.74 Å². The molecule has 2 aromatic carbocycles. The van der Waals surface area contributed by atoms with Gasteiger partial charge < -0.3 is 14.2 Å². The lowest BCUT2D eigenvalue weighted by Gasteiger charge is -2.24. The number of aromatic nitrogens is 3. The number of aryl methyl sites for hydroxylation is 1. The molecular formula is C22H22F2N4O2. The van der Waals surface area contributed by atoms with Gasteiger partial charge >= 0.3 is 0 Å². The van der Waals surface area contributed by atoms with E-state index < -0.39 is 30.8 Å². The fraction of sp³-hybridized carbons (Fsp3) is 0.318. The smallest absolute Gasteiger partial charge is 0.267 e. The van der Waals surface area contributed by atoms with Crippen molar-refractivity contribution in [2.24, 2.45) is 0 Å². The molecule has 1 atom stereocenters. The summed E-state index contributed by atoms with van der Waals surface area (Å²) >= 11 is 0. The Morgan fingerprint density at radius 3 is 2.77 bits per heavy atom. The van der Waals surface area contributed by atoms with Crippen LogP contribution in [0, 0.1) is 6.92 Å². The van der Waals surface area contributed by atoms with Crippen LogP contribution in [0.15, 0.2) is 60.9 Å². The highest BCUT2D eigenvalue weighted by molar-refractivity contribution is 5.78. The third-order valence-electron chi connectivity index (χ3n) is 5.08. The molecule has 1 aromatic heterocycles. The number of rotatable bonds is 6. The summed E-state index contributed by atoms with van der Waals surface area (Å²) in [7, 11) is 0. The van der Waals surface area contributed by atoms with Crippen LogP contribution < -0.4 is 4.74 Å². The molecule has 156 valence electrons. The van der Waals surface area contributed by atoms with Crippen molar-refractivity contribution in [1.82, 2.24) is 19.7 Å². The Labute approximate surface area is 173 Å².